The van der Waals surface area contributed by atoms with E-state index in [1.807, 2.05) is 54.6 Å². The molecular weight excluding hydrogens is 278 g/mol. The van der Waals surface area contributed by atoms with Crippen LogP contribution in [0.2, 0.25) is 0 Å². The summed E-state index contributed by atoms with van der Waals surface area (Å²) >= 11 is 0. The average Bonchev–Trinajstić information content (AvgIpc) is 2.83. The van der Waals surface area contributed by atoms with Gasteiger partial charge < -0.3 is 10.5 Å². The molecule has 0 unspecified atom stereocenters. The highest BCUT2D eigenvalue weighted by Gasteiger charge is 2.44. The van der Waals surface area contributed by atoms with E-state index in [1.165, 1.54) is 0 Å². The van der Waals surface area contributed by atoms with Gasteiger partial charge in [-0.1, -0.05) is 42.5 Å². The van der Waals surface area contributed by atoms with Gasteiger partial charge in [-0.2, -0.15) is 0 Å². The van der Waals surface area contributed by atoms with E-state index in [-0.39, 0.29) is 11.9 Å². The van der Waals surface area contributed by atoms with E-state index in [2.05, 4.69) is 10.3 Å². The number of amides is 1. The lowest BCUT2D eigenvalue weighted by atomic mass is 9.84. The molecule has 0 spiro atoms. The van der Waals surface area contributed by atoms with Crippen molar-refractivity contribution in [3.05, 3.63) is 65.7 Å². The summed E-state index contributed by atoms with van der Waals surface area (Å²) in [7, 11) is 1.60. The molecule has 1 heterocycles. The molecule has 2 aromatic rings. The number of benzene rings is 2. The van der Waals surface area contributed by atoms with Crippen LogP contribution in [0.5, 0.6) is 5.75 Å². The minimum Gasteiger partial charge on any atom is -0.497 e. The summed E-state index contributed by atoms with van der Waals surface area (Å²) in [5.41, 5.74) is 6.52. The lowest BCUT2D eigenvalue weighted by Gasteiger charge is -2.24. The molecule has 3 rings (SSSR count). The Morgan fingerprint density at radius 1 is 1.14 bits per heavy atom. The molecule has 0 aromatic heterocycles. The van der Waals surface area contributed by atoms with Crippen molar-refractivity contribution in [2.75, 3.05) is 7.11 Å². The Morgan fingerprint density at radius 2 is 1.82 bits per heavy atom. The third-order valence-corrected chi connectivity index (χ3v) is 3.80. The summed E-state index contributed by atoms with van der Waals surface area (Å²) < 4.78 is 5.17. The van der Waals surface area contributed by atoms with Gasteiger partial charge in [-0.3, -0.25) is 10.1 Å². The molecule has 0 saturated heterocycles. The molecule has 5 heteroatoms. The Kier molecular flexibility index (Phi) is 3.55. The molecule has 1 aliphatic rings. The molecule has 5 nitrogen and oxygen atoms in total. The zero-order valence-corrected chi connectivity index (χ0v) is 12.2. The SMILES string of the molecule is COc1ccc([C@@]2(Cc3ccccc3)N=C(N)NC2=O)cc1. The third-order valence-electron chi connectivity index (χ3n) is 3.80. The van der Waals surface area contributed by atoms with Crippen molar-refractivity contribution in [1.29, 1.82) is 0 Å². The number of guanidine groups is 1. The van der Waals surface area contributed by atoms with Gasteiger partial charge in [0.2, 0.25) is 0 Å². The van der Waals surface area contributed by atoms with Gasteiger partial charge in [-0.25, -0.2) is 4.99 Å². The van der Waals surface area contributed by atoms with Crippen molar-refractivity contribution in [1.82, 2.24) is 5.32 Å². The van der Waals surface area contributed by atoms with Crippen LogP contribution >= 0.6 is 0 Å². The number of carbonyl (C=O) groups is 1. The second-order valence-electron chi connectivity index (χ2n) is 5.20. The maximum absolute atomic E-state index is 12.5. The van der Waals surface area contributed by atoms with Gasteiger partial charge in [0, 0.05) is 6.42 Å². The summed E-state index contributed by atoms with van der Waals surface area (Å²) in [6.07, 6.45) is 0.451. The standard InChI is InChI=1S/C17H17N3O2/c1-22-14-9-7-13(8-10-14)17(15(21)19-16(18)20-17)11-12-5-3-2-4-6-12/h2-10H,11H2,1H3,(H3,18,19,20,21)/t17-/m1/s1. The predicted molar refractivity (Wildman–Crippen MR) is 84.6 cm³/mol. The minimum atomic E-state index is -1.03. The molecule has 0 saturated carbocycles. The first-order chi connectivity index (χ1) is 10.6. The van der Waals surface area contributed by atoms with Crippen LogP contribution in [0.15, 0.2) is 59.6 Å². The van der Waals surface area contributed by atoms with Crippen molar-refractivity contribution in [3.8, 4) is 5.75 Å². The van der Waals surface area contributed by atoms with Crippen LogP contribution in [0.3, 0.4) is 0 Å². The van der Waals surface area contributed by atoms with Crippen LogP contribution in [0, 0.1) is 0 Å². The number of hydrogen-bond acceptors (Lipinski definition) is 4. The van der Waals surface area contributed by atoms with E-state index in [1.54, 1.807) is 7.11 Å². The van der Waals surface area contributed by atoms with Crippen LogP contribution < -0.4 is 15.8 Å². The zero-order chi connectivity index (χ0) is 15.6. The Morgan fingerprint density at radius 3 is 2.36 bits per heavy atom. The quantitative estimate of drug-likeness (QED) is 0.899. The monoisotopic (exact) mass is 295 g/mol. The number of ether oxygens (including phenoxy) is 1. The molecule has 22 heavy (non-hydrogen) atoms. The molecule has 0 fully saturated rings. The summed E-state index contributed by atoms with van der Waals surface area (Å²) in [5, 5.41) is 2.61. The van der Waals surface area contributed by atoms with Gasteiger partial charge in [0.15, 0.2) is 11.5 Å². The van der Waals surface area contributed by atoms with Crippen molar-refractivity contribution < 1.29 is 9.53 Å². The maximum Gasteiger partial charge on any atom is 0.259 e. The van der Waals surface area contributed by atoms with Crippen molar-refractivity contribution in [3.63, 3.8) is 0 Å². The number of nitrogens with one attached hydrogen (secondary N) is 1. The minimum absolute atomic E-state index is 0.150. The Bertz CT molecular complexity index is 710. The fraction of sp³-hybridized carbons (Fsp3) is 0.176. The first-order valence-electron chi connectivity index (χ1n) is 6.99. The molecule has 0 aliphatic carbocycles. The van der Waals surface area contributed by atoms with Crippen LogP contribution in [0.1, 0.15) is 11.1 Å². The highest BCUT2D eigenvalue weighted by molar-refractivity contribution is 6.07. The van der Waals surface area contributed by atoms with Gasteiger partial charge >= 0.3 is 0 Å². The van der Waals surface area contributed by atoms with Gasteiger partial charge in [0.25, 0.3) is 5.91 Å². The first-order valence-corrected chi connectivity index (χ1v) is 6.99. The molecule has 112 valence electrons. The van der Waals surface area contributed by atoms with Gasteiger partial charge in [0.1, 0.15) is 5.75 Å². The van der Waals surface area contributed by atoms with Crippen molar-refractivity contribution >= 4 is 11.9 Å². The van der Waals surface area contributed by atoms with E-state index in [4.69, 9.17) is 10.5 Å². The largest absolute Gasteiger partial charge is 0.497 e. The number of rotatable bonds is 4. The normalized spacial score (nSPS) is 20.4. The summed E-state index contributed by atoms with van der Waals surface area (Å²) in [6.45, 7) is 0. The van der Waals surface area contributed by atoms with E-state index in [0.717, 1.165) is 16.9 Å². The van der Waals surface area contributed by atoms with E-state index in [9.17, 15) is 4.79 Å². The van der Waals surface area contributed by atoms with Gasteiger partial charge in [-0.05, 0) is 23.3 Å². The van der Waals surface area contributed by atoms with E-state index < -0.39 is 5.54 Å². The highest BCUT2D eigenvalue weighted by Crippen LogP contribution is 2.34. The van der Waals surface area contributed by atoms with Crippen LogP contribution in [-0.2, 0) is 16.8 Å². The van der Waals surface area contributed by atoms with Crippen LogP contribution in [0.4, 0.5) is 0 Å². The zero-order valence-electron chi connectivity index (χ0n) is 12.2. The molecular formula is C17H17N3O2. The van der Waals surface area contributed by atoms with Gasteiger partial charge in [-0.15, -0.1) is 0 Å². The van der Waals surface area contributed by atoms with Crippen LogP contribution in [0.25, 0.3) is 0 Å². The van der Waals surface area contributed by atoms with E-state index in [0.29, 0.717) is 6.42 Å². The summed E-state index contributed by atoms with van der Waals surface area (Å²) in [6, 6.07) is 17.1. The smallest absolute Gasteiger partial charge is 0.259 e. The predicted octanol–water partition coefficient (Wildman–Crippen LogP) is 1.58. The Balaban J connectivity index is 2.05. The number of hydrogen-bond donors (Lipinski definition) is 2. The molecule has 3 N–H and O–H groups in total. The van der Waals surface area contributed by atoms with Crippen LogP contribution in [-0.4, -0.2) is 19.0 Å². The molecule has 1 atom stereocenters. The fourth-order valence-electron chi connectivity index (χ4n) is 2.68. The summed E-state index contributed by atoms with van der Waals surface area (Å²) in [4.78, 5) is 16.9. The Hall–Kier alpha value is -2.82. The topological polar surface area (TPSA) is 76.7 Å². The first kappa shape index (κ1) is 14.1. The second-order valence-corrected chi connectivity index (χ2v) is 5.20. The number of nitrogens with two attached hydrogens (primary N) is 1. The maximum atomic E-state index is 12.5. The lowest BCUT2D eigenvalue weighted by Crippen LogP contribution is -2.40. The average molecular weight is 295 g/mol. The summed E-state index contributed by atoms with van der Waals surface area (Å²) in [5.74, 6) is 0.671. The molecule has 0 radical (unpaired) electrons. The molecule has 1 aliphatic heterocycles. The molecule has 1 amide bonds. The number of nitrogens with zero attached hydrogens (tertiary/aromatic N) is 1. The lowest BCUT2D eigenvalue weighted by molar-refractivity contribution is -0.124. The highest BCUT2D eigenvalue weighted by atomic mass is 16.5. The van der Waals surface area contributed by atoms with Crippen molar-refractivity contribution in [2.24, 2.45) is 10.7 Å². The number of methoxy groups -OCH3 is 1. The molecule has 0 bridgehead atoms. The number of aliphatic imine (C=N–C) groups is 1. The van der Waals surface area contributed by atoms with Gasteiger partial charge in [0.05, 0.1) is 7.11 Å². The second kappa shape index (κ2) is 5.52. The Labute approximate surface area is 128 Å². The fourth-order valence-corrected chi connectivity index (χ4v) is 2.68. The van der Waals surface area contributed by atoms with E-state index >= 15 is 0 Å². The third kappa shape index (κ3) is 2.41. The van der Waals surface area contributed by atoms with Crippen molar-refractivity contribution in [2.45, 2.75) is 12.0 Å². The molecule has 2 aromatic carbocycles. The number of carbonyl (C=O) groups excluding carboxylic acids is 1.